The second-order valence-corrected chi connectivity index (χ2v) is 12.5. The van der Waals surface area contributed by atoms with Crippen LogP contribution in [0.3, 0.4) is 0 Å². The highest BCUT2D eigenvalue weighted by atomic mass is 32.1. The number of hydrogen-bond donors (Lipinski definition) is 4. The van der Waals surface area contributed by atoms with Crippen LogP contribution in [-0.4, -0.2) is 61.8 Å². The largest absolute Gasteiger partial charge is 0.354 e. The molecular weight excluding hydrogens is 592 g/mol. The van der Waals surface area contributed by atoms with E-state index in [0.717, 1.165) is 5.56 Å². The number of imidazole rings is 1. The number of aryl methyl sites for hydroxylation is 2. The summed E-state index contributed by atoms with van der Waals surface area (Å²) < 4.78 is 1.81. The van der Waals surface area contributed by atoms with Crippen LogP contribution in [-0.2, 0) is 23.1 Å². The smallest absolute Gasteiger partial charge is 0.271 e. The highest BCUT2D eigenvalue weighted by molar-refractivity contribution is 7.09. The molecule has 0 unspecified atom stereocenters. The van der Waals surface area contributed by atoms with Gasteiger partial charge in [0.2, 0.25) is 11.8 Å². The number of nitrogens with one attached hydrogen (secondary N) is 4. The number of hydrogen-bond acceptors (Lipinski definition) is 8. The Balaban J connectivity index is 1.40. The number of amides is 4. The summed E-state index contributed by atoms with van der Waals surface area (Å²) in [6.45, 7) is 6.08. The predicted molar refractivity (Wildman–Crippen MR) is 171 cm³/mol. The van der Waals surface area contributed by atoms with Gasteiger partial charge in [-0.1, -0.05) is 44.2 Å². The molecule has 1 aliphatic rings. The molecule has 5 rings (SSSR count). The molecule has 4 amide bonds. The quantitative estimate of drug-likeness (QED) is 0.264. The minimum atomic E-state index is -0.857. The van der Waals surface area contributed by atoms with Gasteiger partial charge < -0.3 is 25.8 Å². The Morgan fingerprint density at radius 1 is 1.07 bits per heavy atom. The van der Waals surface area contributed by atoms with E-state index in [2.05, 4.69) is 36.2 Å². The number of pyridine rings is 1. The fraction of sp³-hybridized carbons (Fsp3) is 0.406. The first-order valence-electron chi connectivity index (χ1n) is 15.1. The van der Waals surface area contributed by atoms with Gasteiger partial charge >= 0.3 is 0 Å². The third-order valence-electron chi connectivity index (χ3n) is 7.96. The molecule has 4 heterocycles. The fourth-order valence-corrected chi connectivity index (χ4v) is 6.30. The lowest BCUT2D eigenvalue weighted by molar-refractivity contribution is -0.124. The van der Waals surface area contributed by atoms with Crippen LogP contribution in [0.25, 0.3) is 11.2 Å². The van der Waals surface area contributed by atoms with Crippen LogP contribution in [0.5, 0.6) is 0 Å². The molecular formula is C32H38N8O4S. The SMILES string of the molecule is Cc1nc2c(C(=O)N[C@H]3CCCCNC(=O)[C@@H](Cc4ccccc4)NC(=O)c4csc(n4)[C@@H](C(C)C)NC3=O)ccnc2n1C. The van der Waals surface area contributed by atoms with Crippen molar-refractivity contribution < 1.29 is 19.2 Å². The molecule has 2 bridgehead atoms. The minimum absolute atomic E-state index is 0.0563. The van der Waals surface area contributed by atoms with E-state index in [1.807, 2.05) is 58.2 Å². The van der Waals surface area contributed by atoms with Crippen molar-refractivity contribution in [2.45, 2.75) is 64.6 Å². The first-order valence-corrected chi connectivity index (χ1v) is 16.0. The van der Waals surface area contributed by atoms with E-state index in [1.165, 1.54) is 11.3 Å². The lowest BCUT2D eigenvalue weighted by Crippen LogP contribution is -2.49. The summed E-state index contributed by atoms with van der Waals surface area (Å²) in [4.78, 5) is 67.2. The molecule has 0 radical (unpaired) electrons. The summed E-state index contributed by atoms with van der Waals surface area (Å²) >= 11 is 1.26. The summed E-state index contributed by atoms with van der Waals surface area (Å²) in [5.74, 6) is -0.896. The van der Waals surface area contributed by atoms with Crippen molar-refractivity contribution in [2.75, 3.05) is 6.54 Å². The van der Waals surface area contributed by atoms with Crippen molar-refractivity contribution >= 4 is 46.1 Å². The van der Waals surface area contributed by atoms with Crippen LogP contribution in [0.1, 0.15) is 76.4 Å². The molecule has 4 N–H and O–H groups in total. The Morgan fingerprint density at radius 2 is 1.84 bits per heavy atom. The summed E-state index contributed by atoms with van der Waals surface area (Å²) in [6.07, 6.45) is 3.34. The molecule has 3 aromatic heterocycles. The second-order valence-electron chi connectivity index (χ2n) is 11.6. The highest BCUT2D eigenvalue weighted by Gasteiger charge is 2.30. The Bertz CT molecular complexity index is 1700. The van der Waals surface area contributed by atoms with Crippen molar-refractivity contribution in [3.05, 3.63) is 75.6 Å². The van der Waals surface area contributed by atoms with Gasteiger partial charge in [0.25, 0.3) is 11.8 Å². The topological polar surface area (TPSA) is 160 Å². The van der Waals surface area contributed by atoms with E-state index in [9.17, 15) is 19.2 Å². The number of rotatable bonds is 5. The third kappa shape index (κ3) is 7.36. The van der Waals surface area contributed by atoms with Crippen molar-refractivity contribution in [1.29, 1.82) is 0 Å². The molecule has 0 spiro atoms. The van der Waals surface area contributed by atoms with Gasteiger partial charge in [0.15, 0.2) is 5.65 Å². The Morgan fingerprint density at radius 3 is 2.60 bits per heavy atom. The van der Waals surface area contributed by atoms with Crippen molar-refractivity contribution in [3.63, 3.8) is 0 Å². The number of carbonyl (C=O) groups is 4. The molecule has 236 valence electrons. The van der Waals surface area contributed by atoms with Gasteiger partial charge in [-0.15, -0.1) is 11.3 Å². The molecule has 4 aromatic rings. The van der Waals surface area contributed by atoms with Crippen LogP contribution < -0.4 is 21.3 Å². The van der Waals surface area contributed by atoms with E-state index >= 15 is 0 Å². The van der Waals surface area contributed by atoms with Crippen molar-refractivity contribution in [1.82, 2.24) is 40.8 Å². The number of nitrogens with zero attached hydrogens (tertiary/aromatic N) is 4. The standard InChI is InChI=1S/C32H38N8O4S/c1-18(2)25-32-38-24(17-45-32)31(44)37-23(16-20-10-6-5-7-11-20)29(42)34-14-9-8-12-22(30(43)39-25)36-28(41)21-13-15-33-27-26(21)35-19(3)40(27)4/h5-7,10-11,13,15,17-18,22-23,25H,8-9,12,14,16H2,1-4H3,(H,34,42)(H,36,41)(H,37,44)(H,39,43)/t22-,23+,25+/m0/s1. The third-order valence-corrected chi connectivity index (χ3v) is 8.88. The number of aromatic nitrogens is 4. The van der Waals surface area contributed by atoms with Gasteiger partial charge in [0.05, 0.1) is 11.6 Å². The van der Waals surface area contributed by atoms with E-state index < -0.39 is 29.9 Å². The molecule has 3 atom stereocenters. The Labute approximate surface area is 265 Å². The second kappa shape index (κ2) is 14.0. The van der Waals surface area contributed by atoms with Crippen LogP contribution in [0.4, 0.5) is 0 Å². The summed E-state index contributed by atoms with van der Waals surface area (Å²) in [6, 6.07) is 8.95. The number of carbonyl (C=O) groups excluding carboxylic acids is 4. The van der Waals surface area contributed by atoms with Crippen LogP contribution in [0.15, 0.2) is 48.0 Å². The van der Waals surface area contributed by atoms with Gasteiger partial charge in [0, 0.05) is 31.6 Å². The molecule has 0 aliphatic carbocycles. The van der Waals surface area contributed by atoms with E-state index in [1.54, 1.807) is 22.2 Å². The molecule has 0 saturated heterocycles. The molecule has 12 nitrogen and oxygen atoms in total. The maximum atomic E-state index is 13.7. The number of thiazole rings is 1. The Kier molecular flexibility index (Phi) is 9.87. The lowest BCUT2D eigenvalue weighted by atomic mass is 10.0. The predicted octanol–water partition coefficient (Wildman–Crippen LogP) is 2.99. The van der Waals surface area contributed by atoms with Crippen LogP contribution >= 0.6 is 11.3 Å². The van der Waals surface area contributed by atoms with Gasteiger partial charge in [-0.2, -0.15) is 0 Å². The monoisotopic (exact) mass is 630 g/mol. The maximum Gasteiger partial charge on any atom is 0.271 e. The average molecular weight is 631 g/mol. The molecule has 1 aliphatic heterocycles. The van der Waals surface area contributed by atoms with Gasteiger partial charge in [0.1, 0.15) is 34.1 Å². The first-order chi connectivity index (χ1) is 21.6. The highest BCUT2D eigenvalue weighted by Crippen LogP contribution is 2.26. The van der Waals surface area contributed by atoms with Crippen LogP contribution in [0.2, 0.25) is 0 Å². The molecule has 0 fully saturated rings. The summed E-state index contributed by atoms with van der Waals surface area (Å²) in [5.41, 5.74) is 2.46. The lowest BCUT2D eigenvalue weighted by Gasteiger charge is -2.25. The zero-order valence-corrected chi connectivity index (χ0v) is 26.6. The number of fused-ring (bicyclic) bond motifs is 3. The number of benzene rings is 1. The first kappa shape index (κ1) is 31.8. The minimum Gasteiger partial charge on any atom is -0.354 e. The molecule has 1 aromatic carbocycles. The van der Waals surface area contributed by atoms with E-state index in [4.69, 9.17) is 0 Å². The summed E-state index contributed by atoms with van der Waals surface area (Å²) in [7, 11) is 1.83. The zero-order valence-electron chi connectivity index (χ0n) is 25.8. The fourth-order valence-electron chi connectivity index (χ4n) is 5.28. The molecule has 45 heavy (non-hydrogen) atoms. The van der Waals surface area contributed by atoms with Gasteiger partial charge in [-0.05, 0) is 43.7 Å². The zero-order chi connectivity index (χ0) is 32.1. The Hall–Kier alpha value is -4.65. The maximum absolute atomic E-state index is 13.7. The van der Waals surface area contributed by atoms with Gasteiger partial charge in [-0.3, -0.25) is 19.2 Å². The van der Waals surface area contributed by atoms with Gasteiger partial charge in [-0.25, -0.2) is 15.0 Å². The average Bonchev–Trinajstić information content (AvgIpc) is 3.62. The van der Waals surface area contributed by atoms with Crippen LogP contribution in [0, 0.1) is 12.8 Å². The normalized spacial score (nSPS) is 20.0. The summed E-state index contributed by atoms with van der Waals surface area (Å²) in [5, 5.41) is 14.0. The van der Waals surface area contributed by atoms with E-state index in [0.29, 0.717) is 59.8 Å². The molecule has 13 heteroatoms. The van der Waals surface area contributed by atoms with Crippen molar-refractivity contribution in [2.24, 2.45) is 13.0 Å². The molecule has 0 saturated carbocycles. The van der Waals surface area contributed by atoms with Crippen molar-refractivity contribution in [3.8, 4) is 0 Å². The van der Waals surface area contributed by atoms with E-state index in [-0.39, 0.29) is 23.4 Å².